The molecule has 0 aliphatic carbocycles. The summed E-state index contributed by atoms with van der Waals surface area (Å²) in [5, 5.41) is 4.87. The Balaban J connectivity index is 2.48. The molecule has 1 aliphatic heterocycles. The molecule has 2 unspecified atom stereocenters. The third-order valence-corrected chi connectivity index (χ3v) is 4.94. The summed E-state index contributed by atoms with van der Waals surface area (Å²) in [6.07, 6.45) is 0.627. The van der Waals surface area contributed by atoms with Gasteiger partial charge in [-0.2, -0.15) is 0 Å². The maximum Gasteiger partial charge on any atom is 0.248 e. The first kappa shape index (κ1) is 16.0. The number of nitrogens with zero attached hydrogens (tertiary/aromatic N) is 1. The highest BCUT2D eigenvalue weighted by atomic mass is 32.1. The zero-order chi connectivity index (χ0) is 15.8. The summed E-state index contributed by atoms with van der Waals surface area (Å²) in [6.45, 7) is 9.71. The van der Waals surface area contributed by atoms with Crippen LogP contribution in [0.4, 0.5) is 0 Å². The fraction of sp³-hybridized carbons (Fsp3) is 0.625. The van der Waals surface area contributed by atoms with Crippen molar-refractivity contribution in [1.29, 1.82) is 0 Å². The Morgan fingerprint density at radius 2 is 2.05 bits per heavy atom. The lowest BCUT2D eigenvalue weighted by Gasteiger charge is -2.47. The summed E-state index contributed by atoms with van der Waals surface area (Å²) in [7, 11) is 0. The van der Waals surface area contributed by atoms with Crippen LogP contribution in [0.5, 0.6) is 0 Å². The van der Waals surface area contributed by atoms with Gasteiger partial charge in [-0.3, -0.25) is 9.59 Å². The van der Waals surface area contributed by atoms with Gasteiger partial charge in [0.15, 0.2) is 0 Å². The number of hydrogen-bond donors (Lipinski definition) is 1. The molecule has 116 valence electrons. The fourth-order valence-corrected chi connectivity index (χ4v) is 3.98. The van der Waals surface area contributed by atoms with Crippen molar-refractivity contribution in [3.8, 4) is 0 Å². The molecule has 1 saturated heterocycles. The Morgan fingerprint density at radius 1 is 1.38 bits per heavy atom. The second kappa shape index (κ2) is 5.79. The molecule has 21 heavy (non-hydrogen) atoms. The van der Waals surface area contributed by atoms with Crippen LogP contribution in [0.2, 0.25) is 0 Å². The first-order chi connectivity index (χ1) is 9.79. The van der Waals surface area contributed by atoms with Crippen molar-refractivity contribution < 1.29 is 9.59 Å². The zero-order valence-electron chi connectivity index (χ0n) is 13.3. The van der Waals surface area contributed by atoms with Crippen LogP contribution in [-0.4, -0.2) is 28.3 Å². The number of piperazine rings is 1. The van der Waals surface area contributed by atoms with Crippen LogP contribution in [0.3, 0.4) is 0 Å². The molecule has 1 N–H and O–H groups in total. The molecule has 1 aromatic rings. The molecule has 0 radical (unpaired) electrons. The Hall–Kier alpha value is -1.36. The number of carbonyl (C=O) groups is 2. The van der Waals surface area contributed by atoms with E-state index in [1.165, 1.54) is 0 Å². The van der Waals surface area contributed by atoms with Gasteiger partial charge in [0.1, 0.15) is 11.6 Å². The predicted octanol–water partition coefficient (Wildman–Crippen LogP) is 2.96. The third kappa shape index (κ3) is 2.84. The number of amides is 2. The summed E-state index contributed by atoms with van der Waals surface area (Å²) in [5.74, 6) is 0.203. The van der Waals surface area contributed by atoms with E-state index in [4.69, 9.17) is 0 Å². The van der Waals surface area contributed by atoms with Gasteiger partial charge in [-0.05, 0) is 37.6 Å². The van der Waals surface area contributed by atoms with E-state index in [0.29, 0.717) is 6.42 Å². The van der Waals surface area contributed by atoms with Gasteiger partial charge in [-0.15, -0.1) is 11.3 Å². The lowest BCUT2D eigenvalue weighted by atomic mass is 9.90. The van der Waals surface area contributed by atoms with E-state index in [9.17, 15) is 9.59 Å². The number of carbonyl (C=O) groups excluding carboxylic acids is 2. The molecule has 2 amide bonds. The molecule has 1 aliphatic rings. The van der Waals surface area contributed by atoms with Crippen LogP contribution in [-0.2, 0) is 9.59 Å². The number of rotatable bonds is 4. The van der Waals surface area contributed by atoms with Crippen molar-refractivity contribution in [2.75, 3.05) is 0 Å². The topological polar surface area (TPSA) is 49.4 Å². The highest BCUT2D eigenvalue weighted by Gasteiger charge is 2.48. The van der Waals surface area contributed by atoms with Crippen LogP contribution in [0.15, 0.2) is 17.5 Å². The minimum atomic E-state index is -0.840. The molecule has 0 spiro atoms. The van der Waals surface area contributed by atoms with Crippen molar-refractivity contribution in [1.82, 2.24) is 10.2 Å². The van der Waals surface area contributed by atoms with Crippen molar-refractivity contribution >= 4 is 23.2 Å². The zero-order valence-corrected chi connectivity index (χ0v) is 14.2. The van der Waals surface area contributed by atoms with Gasteiger partial charge >= 0.3 is 0 Å². The Bertz CT molecular complexity index is 522. The normalized spacial score (nSPS) is 23.3. The molecular formula is C16H24N2O2S. The molecule has 2 atom stereocenters. The fourth-order valence-electron chi connectivity index (χ4n) is 2.98. The van der Waals surface area contributed by atoms with Crippen LogP contribution in [0, 0.1) is 5.92 Å². The number of nitrogens with one attached hydrogen (secondary N) is 1. The quantitative estimate of drug-likeness (QED) is 0.929. The molecule has 0 aromatic carbocycles. The van der Waals surface area contributed by atoms with Gasteiger partial charge in [-0.25, -0.2) is 0 Å². The van der Waals surface area contributed by atoms with Crippen molar-refractivity contribution in [3.63, 3.8) is 0 Å². The van der Waals surface area contributed by atoms with Gasteiger partial charge in [-0.1, -0.05) is 26.8 Å². The first-order valence-corrected chi connectivity index (χ1v) is 8.35. The monoisotopic (exact) mass is 308 g/mol. The largest absolute Gasteiger partial charge is 0.340 e. The maximum absolute atomic E-state index is 12.9. The molecular weight excluding hydrogens is 284 g/mol. The van der Waals surface area contributed by atoms with Gasteiger partial charge in [0.25, 0.3) is 0 Å². The Morgan fingerprint density at radius 3 is 2.52 bits per heavy atom. The summed E-state index contributed by atoms with van der Waals surface area (Å²) < 4.78 is 0. The lowest BCUT2D eigenvalue weighted by Crippen LogP contribution is -2.68. The summed E-state index contributed by atoms with van der Waals surface area (Å²) in [5.41, 5.74) is -0.840. The Labute approximate surface area is 130 Å². The average Bonchev–Trinajstić information content (AvgIpc) is 2.88. The van der Waals surface area contributed by atoms with Crippen LogP contribution in [0.1, 0.15) is 52.0 Å². The van der Waals surface area contributed by atoms with Crippen molar-refractivity contribution in [2.24, 2.45) is 5.92 Å². The molecule has 0 bridgehead atoms. The average molecular weight is 308 g/mol. The molecule has 5 heteroatoms. The number of thiophene rings is 1. The van der Waals surface area contributed by atoms with E-state index >= 15 is 0 Å². The highest BCUT2D eigenvalue weighted by molar-refractivity contribution is 7.10. The van der Waals surface area contributed by atoms with Crippen LogP contribution in [0.25, 0.3) is 0 Å². The molecule has 2 heterocycles. The highest BCUT2D eigenvalue weighted by Crippen LogP contribution is 2.37. The summed E-state index contributed by atoms with van der Waals surface area (Å²) in [4.78, 5) is 28.3. The SMILES string of the molecule is CCC1C(=O)NC(C)(C)C(=O)N1C(c1cccs1)C(C)C. The molecule has 4 nitrogen and oxygen atoms in total. The van der Waals surface area contributed by atoms with Gasteiger partial charge in [0.05, 0.1) is 6.04 Å². The summed E-state index contributed by atoms with van der Waals surface area (Å²) >= 11 is 1.64. The summed E-state index contributed by atoms with van der Waals surface area (Å²) in [6, 6.07) is 3.61. The number of hydrogen-bond acceptors (Lipinski definition) is 3. The van der Waals surface area contributed by atoms with E-state index in [-0.39, 0.29) is 29.8 Å². The molecule has 2 rings (SSSR count). The van der Waals surface area contributed by atoms with E-state index in [1.54, 1.807) is 25.2 Å². The predicted molar refractivity (Wildman–Crippen MR) is 85.0 cm³/mol. The lowest BCUT2D eigenvalue weighted by molar-refractivity contribution is -0.158. The van der Waals surface area contributed by atoms with Crippen LogP contribution >= 0.6 is 11.3 Å². The van der Waals surface area contributed by atoms with Gasteiger partial charge in [0.2, 0.25) is 11.8 Å². The molecule has 0 saturated carbocycles. The molecule has 1 fully saturated rings. The second-order valence-corrected chi connectivity index (χ2v) is 7.43. The third-order valence-electron chi connectivity index (χ3n) is 4.00. The van der Waals surface area contributed by atoms with Crippen molar-refractivity contribution in [2.45, 2.75) is 58.7 Å². The van der Waals surface area contributed by atoms with E-state index in [2.05, 4.69) is 25.2 Å². The minimum absolute atomic E-state index is 0.000972. The minimum Gasteiger partial charge on any atom is -0.340 e. The van der Waals surface area contributed by atoms with E-state index in [0.717, 1.165) is 4.88 Å². The van der Waals surface area contributed by atoms with E-state index < -0.39 is 5.54 Å². The standard InChI is InChI=1S/C16H24N2O2S/c1-6-11-14(19)17-16(4,5)15(20)18(11)13(10(2)3)12-8-7-9-21-12/h7-11,13H,6H2,1-5H3,(H,17,19). The van der Waals surface area contributed by atoms with Gasteiger partial charge in [0, 0.05) is 4.88 Å². The maximum atomic E-state index is 12.9. The van der Waals surface area contributed by atoms with Crippen molar-refractivity contribution in [3.05, 3.63) is 22.4 Å². The first-order valence-electron chi connectivity index (χ1n) is 7.47. The Kier molecular flexibility index (Phi) is 4.42. The van der Waals surface area contributed by atoms with Gasteiger partial charge < -0.3 is 10.2 Å². The smallest absolute Gasteiger partial charge is 0.248 e. The van der Waals surface area contributed by atoms with E-state index in [1.807, 2.05) is 23.3 Å². The second-order valence-electron chi connectivity index (χ2n) is 6.45. The molecule has 1 aromatic heterocycles. The van der Waals surface area contributed by atoms with Crippen LogP contribution < -0.4 is 5.32 Å².